The van der Waals surface area contributed by atoms with E-state index in [9.17, 15) is 4.79 Å². The molecule has 94 valence electrons. The van der Waals surface area contributed by atoms with Crippen LogP contribution in [0.3, 0.4) is 0 Å². The highest BCUT2D eigenvalue weighted by molar-refractivity contribution is 5.78. The molecule has 0 spiro atoms. The van der Waals surface area contributed by atoms with Crippen molar-refractivity contribution >= 4 is 5.97 Å². The summed E-state index contributed by atoms with van der Waals surface area (Å²) in [5.74, 6) is -0.0287. The van der Waals surface area contributed by atoms with Crippen LogP contribution < -0.4 is 19.9 Å². The average molecular weight is 241 g/mol. The molecule has 0 aliphatic carbocycles. The summed E-state index contributed by atoms with van der Waals surface area (Å²) in [6.07, 6.45) is 0. The smallest absolute Gasteiger partial charge is 0.325 e. The topological polar surface area (TPSA) is 91.0 Å². The van der Waals surface area contributed by atoms with Gasteiger partial charge in [-0.15, -0.1) is 0 Å². The maximum absolute atomic E-state index is 10.9. The number of nitrogens with two attached hydrogens (primary N) is 1. The molecule has 0 unspecified atom stereocenters. The Bertz CT molecular complexity index is 393. The second kappa shape index (κ2) is 5.40. The molecular formula is C11H15NO5. The van der Waals surface area contributed by atoms with E-state index in [0.717, 1.165) is 0 Å². The van der Waals surface area contributed by atoms with Gasteiger partial charge < -0.3 is 25.1 Å². The summed E-state index contributed by atoms with van der Waals surface area (Å²) in [5.41, 5.74) is 5.86. The number of aliphatic carboxylic acids is 1. The predicted octanol–water partition coefficient (Wildman–Crippen LogP) is 0.797. The van der Waals surface area contributed by atoms with Crippen molar-refractivity contribution in [2.24, 2.45) is 5.73 Å². The molecule has 1 aromatic rings. The van der Waals surface area contributed by atoms with Gasteiger partial charge in [-0.3, -0.25) is 4.79 Å². The van der Waals surface area contributed by atoms with E-state index in [1.54, 1.807) is 12.1 Å². The molecule has 0 amide bonds. The molecule has 0 aromatic heterocycles. The minimum absolute atomic E-state index is 0.281. The molecule has 3 N–H and O–H groups in total. The lowest BCUT2D eigenvalue weighted by atomic mass is 10.0. The van der Waals surface area contributed by atoms with Crippen molar-refractivity contribution in [3.05, 3.63) is 17.7 Å². The maximum Gasteiger partial charge on any atom is 0.325 e. The van der Waals surface area contributed by atoms with Gasteiger partial charge in [0.2, 0.25) is 0 Å². The van der Waals surface area contributed by atoms with E-state index < -0.39 is 12.0 Å². The van der Waals surface area contributed by atoms with E-state index in [-0.39, 0.29) is 5.56 Å². The van der Waals surface area contributed by atoms with Crippen molar-refractivity contribution in [3.8, 4) is 17.2 Å². The zero-order chi connectivity index (χ0) is 13.0. The number of hydrogen-bond acceptors (Lipinski definition) is 5. The Hall–Kier alpha value is -1.95. The fourth-order valence-corrected chi connectivity index (χ4v) is 1.46. The first-order valence-electron chi connectivity index (χ1n) is 4.83. The van der Waals surface area contributed by atoms with Crippen molar-refractivity contribution in [1.29, 1.82) is 0 Å². The molecule has 1 atom stereocenters. The largest absolute Gasteiger partial charge is 0.496 e. The van der Waals surface area contributed by atoms with Gasteiger partial charge >= 0.3 is 5.97 Å². The third-order valence-corrected chi connectivity index (χ3v) is 2.33. The van der Waals surface area contributed by atoms with Gasteiger partial charge in [-0.25, -0.2) is 0 Å². The van der Waals surface area contributed by atoms with Crippen LogP contribution in [-0.4, -0.2) is 32.4 Å². The Morgan fingerprint density at radius 3 is 1.94 bits per heavy atom. The SMILES string of the molecule is COc1cc(OC)c([C@@H](N)C(=O)O)c(OC)c1. The Morgan fingerprint density at radius 2 is 1.65 bits per heavy atom. The minimum Gasteiger partial charge on any atom is -0.496 e. The molecule has 1 aromatic carbocycles. The van der Waals surface area contributed by atoms with Gasteiger partial charge in [0.25, 0.3) is 0 Å². The quantitative estimate of drug-likeness (QED) is 0.792. The third kappa shape index (κ3) is 2.59. The van der Waals surface area contributed by atoms with Crippen molar-refractivity contribution in [1.82, 2.24) is 0 Å². The highest BCUT2D eigenvalue weighted by atomic mass is 16.5. The molecule has 1 rings (SSSR count). The van der Waals surface area contributed by atoms with Crippen LogP contribution in [0.2, 0.25) is 0 Å². The van der Waals surface area contributed by atoms with Crippen LogP contribution in [-0.2, 0) is 4.79 Å². The van der Waals surface area contributed by atoms with Crippen LogP contribution in [0.5, 0.6) is 17.2 Å². The fraction of sp³-hybridized carbons (Fsp3) is 0.364. The molecule has 6 nitrogen and oxygen atoms in total. The summed E-state index contributed by atoms with van der Waals surface area (Å²) in [6, 6.07) is 1.90. The number of carbonyl (C=O) groups is 1. The van der Waals surface area contributed by atoms with E-state index in [1.165, 1.54) is 21.3 Å². The zero-order valence-corrected chi connectivity index (χ0v) is 9.89. The van der Waals surface area contributed by atoms with Gasteiger partial charge in [0, 0.05) is 12.1 Å². The van der Waals surface area contributed by atoms with Gasteiger partial charge in [0.15, 0.2) is 0 Å². The van der Waals surface area contributed by atoms with Gasteiger partial charge in [-0.2, -0.15) is 0 Å². The van der Waals surface area contributed by atoms with Crippen LogP contribution in [0.25, 0.3) is 0 Å². The highest BCUT2D eigenvalue weighted by Crippen LogP contribution is 2.37. The lowest BCUT2D eigenvalue weighted by molar-refractivity contribution is -0.138. The molecule has 0 aliphatic rings. The Morgan fingerprint density at radius 1 is 1.18 bits per heavy atom. The molecule has 0 radical (unpaired) electrons. The van der Waals surface area contributed by atoms with Gasteiger partial charge in [0.1, 0.15) is 23.3 Å². The van der Waals surface area contributed by atoms with E-state index in [0.29, 0.717) is 17.2 Å². The molecule has 17 heavy (non-hydrogen) atoms. The molecular weight excluding hydrogens is 226 g/mol. The highest BCUT2D eigenvalue weighted by Gasteiger charge is 2.24. The number of ether oxygens (including phenoxy) is 3. The van der Waals surface area contributed by atoms with E-state index >= 15 is 0 Å². The second-order valence-electron chi connectivity index (χ2n) is 3.26. The number of benzene rings is 1. The Labute approximate surface area is 98.9 Å². The summed E-state index contributed by atoms with van der Waals surface area (Å²) < 4.78 is 15.2. The first-order chi connectivity index (χ1) is 8.04. The van der Waals surface area contributed by atoms with E-state index in [1.807, 2.05) is 0 Å². The summed E-state index contributed by atoms with van der Waals surface area (Å²) in [5, 5.41) is 8.93. The number of rotatable bonds is 5. The van der Waals surface area contributed by atoms with Crippen molar-refractivity contribution in [2.75, 3.05) is 21.3 Å². The molecule has 0 fully saturated rings. The van der Waals surface area contributed by atoms with Crippen LogP contribution >= 0.6 is 0 Å². The molecule has 0 heterocycles. The number of carboxylic acid groups (broad SMARTS) is 1. The number of hydrogen-bond donors (Lipinski definition) is 2. The fourth-order valence-electron chi connectivity index (χ4n) is 1.46. The van der Waals surface area contributed by atoms with Gasteiger partial charge in [0.05, 0.1) is 26.9 Å². The van der Waals surface area contributed by atoms with Crippen molar-refractivity contribution in [3.63, 3.8) is 0 Å². The monoisotopic (exact) mass is 241 g/mol. The first kappa shape index (κ1) is 13.1. The normalized spacial score (nSPS) is 11.8. The van der Waals surface area contributed by atoms with E-state index in [2.05, 4.69) is 0 Å². The van der Waals surface area contributed by atoms with Crippen LogP contribution in [0.15, 0.2) is 12.1 Å². The first-order valence-corrected chi connectivity index (χ1v) is 4.83. The standard InChI is InChI=1S/C11H15NO5/c1-15-6-4-7(16-2)9(8(5-6)17-3)10(12)11(13)14/h4-5,10H,12H2,1-3H3,(H,13,14)/t10-/m1/s1. The van der Waals surface area contributed by atoms with Gasteiger partial charge in [-0.1, -0.05) is 0 Å². The van der Waals surface area contributed by atoms with Crippen LogP contribution in [0.4, 0.5) is 0 Å². The maximum atomic E-state index is 10.9. The Balaban J connectivity index is 3.39. The summed E-state index contributed by atoms with van der Waals surface area (Å²) in [6.45, 7) is 0. The second-order valence-corrected chi connectivity index (χ2v) is 3.26. The number of carboxylic acids is 1. The molecule has 0 saturated carbocycles. The minimum atomic E-state index is -1.22. The summed E-state index contributed by atoms with van der Waals surface area (Å²) in [7, 11) is 4.34. The van der Waals surface area contributed by atoms with Crippen molar-refractivity contribution in [2.45, 2.75) is 6.04 Å². The van der Waals surface area contributed by atoms with Crippen LogP contribution in [0.1, 0.15) is 11.6 Å². The lowest BCUT2D eigenvalue weighted by Gasteiger charge is -2.17. The average Bonchev–Trinajstić information content (AvgIpc) is 2.35. The molecule has 0 aliphatic heterocycles. The van der Waals surface area contributed by atoms with Crippen molar-refractivity contribution < 1.29 is 24.1 Å². The molecule has 0 saturated heterocycles. The number of methoxy groups -OCH3 is 3. The summed E-state index contributed by atoms with van der Waals surface area (Å²) >= 11 is 0. The molecule has 6 heteroatoms. The Kier molecular flexibility index (Phi) is 4.17. The van der Waals surface area contributed by atoms with E-state index in [4.69, 9.17) is 25.1 Å². The predicted molar refractivity (Wildman–Crippen MR) is 60.7 cm³/mol. The zero-order valence-electron chi connectivity index (χ0n) is 9.89. The molecule has 0 bridgehead atoms. The lowest BCUT2D eigenvalue weighted by Crippen LogP contribution is -2.22. The third-order valence-electron chi connectivity index (χ3n) is 2.33. The van der Waals surface area contributed by atoms with Crippen LogP contribution in [0, 0.1) is 0 Å². The summed E-state index contributed by atoms with van der Waals surface area (Å²) in [4.78, 5) is 10.9. The van der Waals surface area contributed by atoms with Gasteiger partial charge in [-0.05, 0) is 0 Å².